The van der Waals surface area contributed by atoms with Crippen molar-refractivity contribution < 1.29 is 0 Å². The number of fused-ring (bicyclic) bond motifs is 3. The summed E-state index contributed by atoms with van der Waals surface area (Å²) >= 11 is 0. The summed E-state index contributed by atoms with van der Waals surface area (Å²) in [4.78, 5) is 2.61. The predicted molar refractivity (Wildman–Crippen MR) is 125 cm³/mol. The maximum Gasteiger partial charge on any atom is 0.0450 e. The third-order valence-corrected chi connectivity index (χ3v) is 6.70. The van der Waals surface area contributed by atoms with Crippen LogP contribution in [0.5, 0.6) is 0 Å². The van der Waals surface area contributed by atoms with Crippen LogP contribution in [0, 0.1) is 6.92 Å². The van der Waals surface area contributed by atoms with Crippen LogP contribution in [0.1, 0.15) is 60.8 Å². The Hall–Kier alpha value is -2.80. The molecular weight excluding hydrogens is 350 g/mol. The maximum absolute atomic E-state index is 2.61. The SMILES string of the molecule is CC/C(=C\c1ccc2c(c1)C1CCCC1N2c1ccc(C)cc1)c1ccccc1. The molecule has 1 aliphatic carbocycles. The fourth-order valence-corrected chi connectivity index (χ4v) is 5.25. The number of allylic oxidation sites excluding steroid dienone is 1. The second-order valence-corrected chi connectivity index (χ2v) is 8.52. The Balaban J connectivity index is 1.55. The number of rotatable bonds is 4. The maximum atomic E-state index is 2.61. The van der Waals surface area contributed by atoms with Gasteiger partial charge >= 0.3 is 0 Å². The van der Waals surface area contributed by atoms with E-state index in [0.29, 0.717) is 12.0 Å². The van der Waals surface area contributed by atoms with Crippen molar-refractivity contribution in [2.45, 2.75) is 51.5 Å². The highest BCUT2D eigenvalue weighted by Crippen LogP contribution is 2.52. The van der Waals surface area contributed by atoms with Crippen LogP contribution in [-0.4, -0.2) is 6.04 Å². The first kappa shape index (κ1) is 18.2. The van der Waals surface area contributed by atoms with Crippen LogP contribution in [0.25, 0.3) is 11.6 Å². The average Bonchev–Trinajstić information content (AvgIpc) is 3.34. The Kier molecular flexibility index (Phi) is 4.75. The van der Waals surface area contributed by atoms with Crippen LogP contribution in [0.15, 0.2) is 72.8 Å². The molecule has 0 aromatic heterocycles. The van der Waals surface area contributed by atoms with E-state index < -0.39 is 0 Å². The van der Waals surface area contributed by atoms with Crippen molar-refractivity contribution in [3.05, 3.63) is 95.1 Å². The molecule has 0 saturated heterocycles. The van der Waals surface area contributed by atoms with Gasteiger partial charge in [0.15, 0.2) is 0 Å². The Labute approximate surface area is 174 Å². The van der Waals surface area contributed by atoms with Gasteiger partial charge in [-0.15, -0.1) is 0 Å². The first-order valence-electron chi connectivity index (χ1n) is 11.0. The van der Waals surface area contributed by atoms with Gasteiger partial charge in [-0.2, -0.15) is 0 Å². The third-order valence-electron chi connectivity index (χ3n) is 6.70. The van der Waals surface area contributed by atoms with Gasteiger partial charge in [0.25, 0.3) is 0 Å². The minimum Gasteiger partial charge on any atom is -0.338 e. The average molecular weight is 380 g/mol. The fourth-order valence-electron chi connectivity index (χ4n) is 5.25. The second-order valence-electron chi connectivity index (χ2n) is 8.52. The lowest BCUT2D eigenvalue weighted by Gasteiger charge is -2.27. The van der Waals surface area contributed by atoms with Crippen LogP contribution in [-0.2, 0) is 0 Å². The molecule has 1 fully saturated rings. The van der Waals surface area contributed by atoms with Crippen LogP contribution in [0.4, 0.5) is 11.4 Å². The molecule has 5 rings (SSSR count). The fraction of sp³-hybridized carbons (Fsp3) is 0.286. The van der Waals surface area contributed by atoms with E-state index in [-0.39, 0.29) is 0 Å². The van der Waals surface area contributed by atoms with Gasteiger partial charge in [0.1, 0.15) is 0 Å². The Morgan fingerprint density at radius 2 is 1.76 bits per heavy atom. The van der Waals surface area contributed by atoms with Gasteiger partial charge in [-0.05, 0) is 72.7 Å². The lowest BCUT2D eigenvalue weighted by molar-refractivity contribution is 0.642. The number of nitrogens with zero attached hydrogens (tertiary/aromatic N) is 1. The van der Waals surface area contributed by atoms with Crippen molar-refractivity contribution in [1.82, 2.24) is 0 Å². The zero-order valence-corrected chi connectivity index (χ0v) is 17.4. The van der Waals surface area contributed by atoms with Gasteiger partial charge in [0.2, 0.25) is 0 Å². The Bertz CT molecular complexity index is 1030. The Morgan fingerprint density at radius 1 is 0.966 bits per heavy atom. The van der Waals surface area contributed by atoms with Gasteiger partial charge in [-0.1, -0.05) is 73.5 Å². The molecule has 3 aromatic rings. The van der Waals surface area contributed by atoms with Crippen LogP contribution < -0.4 is 4.90 Å². The molecule has 2 unspecified atom stereocenters. The highest BCUT2D eigenvalue weighted by Gasteiger charge is 2.41. The van der Waals surface area contributed by atoms with Gasteiger partial charge in [-0.3, -0.25) is 0 Å². The van der Waals surface area contributed by atoms with E-state index in [1.165, 1.54) is 52.9 Å². The number of hydrogen-bond donors (Lipinski definition) is 0. The third kappa shape index (κ3) is 3.29. The zero-order chi connectivity index (χ0) is 19.8. The van der Waals surface area contributed by atoms with E-state index in [0.717, 1.165) is 6.42 Å². The van der Waals surface area contributed by atoms with Gasteiger partial charge in [-0.25, -0.2) is 0 Å². The molecule has 0 radical (unpaired) electrons. The largest absolute Gasteiger partial charge is 0.338 e. The number of anilines is 2. The topological polar surface area (TPSA) is 3.24 Å². The molecule has 29 heavy (non-hydrogen) atoms. The number of benzene rings is 3. The van der Waals surface area contributed by atoms with E-state index in [2.05, 4.69) is 97.6 Å². The molecule has 0 amide bonds. The molecule has 3 aromatic carbocycles. The van der Waals surface area contributed by atoms with Crippen LogP contribution in [0.2, 0.25) is 0 Å². The molecule has 2 atom stereocenters. The standard InChI is InChI=1S/C28H29N/c1-3-22(23-8-5-4-6-9-23)18-21-14-17-28-26(19-21)25-10-7-11-27(25)29(28)24-15-12-20(2)13-16-24/h4-6,8-9,12-19,25,27H,3,7,10-11H2,1-2H3/b22-18+. The molecule has 1 nitrogen and oxygen atoms in total. The molecule has 0 N–H and O–H groups in total. The van der Waals surface area contributed by atoms with E-state index in [1.54, 1.807) is 5.56 Å². The highest BCUT2D eigenvalue weighted by molar-refractivity contribution is 5.83. The van der Waals surface area contributed by atoms with Crippen molar-refractivity contribution in [1.29, 1.82) is 0 Å². The minimum absolute atomic E-state index is 0.617. The molecule has 1 heteroatoms. The summed E-state index contributed by atoms with van der Waals surface area (Å²) in [5.41, 5.74) is 9.69. The first-order valence-corrected chi connectivity index (χ1v) is 11.0. The summed E-state index contributed by atoms with van der Waals surface area (Å²) in [6.07, 6.45) is 7.37. The van der Waals surface area contributed by atoms with E-state index in [9.17, 15) is 0 Å². The first-order chi connectivity index (χ1) is 14.2. The molecule has 0 spiro atoms. The van der Waals surface area contributed by atoms with E-state index >= 15 is 0 Å². The summed E-state index contributed by atoms with van der Waals surface area (Å²) in [5, 5.41) is 0. The van der Waals surface area contributed by atoms with E-state index in [4.69, 9.17) is 0 Å². The van der Waals surface area contributed by atoms with Crippen molar-refractivity contribution in [2.24, 2.45) is 0 Å². The highest BCUT2D eigenvalue weighted by atomic mass is 15.2. The second kappa shape index (κ2) is 7.55. The number of aryl methyl sites for hydroxylation is 1. The monoisotopic (exact) mass is 379 g/mol. The van der Waals surface area contributed by atoms with Crippen LogP contribution >= 0.6 is 0 Å². The summed E-state index contributed by atoms with van der Waals surface area (Å²) in [6.45, 7) is 4.41. The Morgan fingerprint density at radius 3 is 2.52 bits per heavy atom. The molecule has 2 aliphatic rings. The summed E-state index contributed by atoms with van der Waals surface area (Å²) in [5.74, 6) is 0.668. The van der Waals surface area contributed by atoms with Gasteiger partial charge in [0, 0.05) is 23.3 Å². The smallest absolute Gasteiger partial charge is 0.0450 e. The van der Waals surface area contributed by atoms with E-state index in [1.807, 2.05) is 0 Å². The minimum atomic E-state index is 0.617. The predicted octanol–water partition coefficient (Wildman–Crippen LogP) is 7.73. The van der Waals surface area contributed by atoms with Crippen LogP contribution in [0.3, 0.4) is 0 Å². The molecule has 1 saturated carbocycles. The van der Waals surface area contributed by atoms with Crippen molar-refractivity contribution in [3.8, 4) is 0 Å². The lowest BCUT2D eigenvalue weighted by atomic mass is 9.94. The normalized spacial score (nSPS) is 20.6. The van der Waals surface area contributed by atoms with Crippen molar-refractivity contribution in [3.63, 3.8) is 0 Å². The number of hydrogen-bond acceptors (Lipinski definition) is 1. The van der Waals surface area contributed by atoms with Gasteiger partial charge < -0.3 is 4.90 Å². The summed E-state index contributed by atoms with van der Waals surface area (Å²) < 4.78 is 0. The quantitative estimate of drug-likeness (QED) is 0.419. The molecule has 0 bridgehead atoms. The lowest BCUT2D eigenvalue weighted by Crippen LogP contribution is -2.26. The van der Waals surface area contributed by atoms with Gasteiger partial charge in [0.05, 0.1) is 0 Å². The molecular formula is C28H29N. The summed E-state index contributed by atoms with van der Waals surface area (Å²) in [6, 6.07) is 27.6. The van der Waals surface area contributed by atoms with Crippen molar-refractivity contribution in [2.75, 3.05) is 4.90 Å². The summed E-state index contributed by atoms with van der Waals surface area (Å²) in [7, 11) is 0. The van der Waals surface area contributed by atoms with Crippen molar-refractivity contribution >= 4 is 23.0 Å². The molecule has 1 aliphatic heterocycles. The zero-order valence-electron chi connectivity index (χ0n) is 17.4. The molecule has 146 valence electrons. The molecule has 1 heterocycles.